The third-order valence-electron chi connectivity index (χ3n) is 5.75. The minimum Gasteiger partial charge on any atom is -0.497 e. The molecule has 3 aromatic carbocycles. The van der Waals surface area contributed by atoms with E-state index in [9.17, 15) is 18.0 Å². The number of methoxy groups -OCH3 is 1. The van der Waals surface area contributed by atoms with Gasteiger partial charge < -0.3 is 15.0 Å². The highest BCUT2D eigenvalue weighted by atomic mass is 127. The van der Waals surface area contributed by atoms with Crippen LogP contribution in [0.2, 0.25) is 0 Å². The van der Waals surface area contributed by atoms with Crippen molar-refractivity contribution in [1.82, 2.24) is 10.2 Å². The third kappa shape index (κ3) is 7.22. The van der Waals surface area contributed by atoms with E-state index in [0.29, 0.717) is 18.0 Å². The second-order valence-electron chi connectivity index (χ2n) is 8.24. The molecule has 0 radical (unpaired) electrons. The van der Waals surface area contributed by atoms with E-state index in [1.807, 2.05) is 0 Å². The van der Waals surface area contributed by atoms with Gasteiger partial charge in [0.15, 0.2) is 0 Å². The molecule has 1 atom stereocenters. The predicted molar refractivity (Wildman–Crippen MR) is 152 cm³/mol. The lowest BCUT2D eigenvalue weighted by molar-refractivity contribution is -0.139. The van der Waals surface area contributed by atoms with Gasteiger partial charge in [-0.2, -0.15) is 0 Å². The molecule has 0 saturated carbocycles. The number of ether oxygens (including phenoxy) is 1. The van der Waals surface area contributed by atoms with Gasteiger partial charge in [-0.1, -0.05) is 30.3 Å². The van der Waals surface area contributed by atoms with Crippen molar-refractivity contribution in [1.29, 1.82) is 0 Å². The van der Waals surface area contributed by atoms with Gasteiger partial charge in [0.1, 0.15) is 18.3 Å². The van der Waals surface area contributed by atoms with Crippen molar-refractivity contribution in [2.45, 2.75) is 31.3 Å². The van der Waals surface area contributed by atoms with Crippen LogP contribution in [-0.4, -0.2) is 51.4 Å². The van der Waals surface area contributed by atoms with Crippen LogP contribution in [0, 0.1) is 3.57 Å². The summed E-state index contributed by atoms with van der Waals surface area (Å²) in [6, 6.07) is 21.2. The Morgan fingerprint density at radius 1 is 0.973 bits per heavy atom. The first-order chi connectivity index (χ1) is 17.7. The normalized spacial score (nSPS) is 11.9. The number of carbonyl (C=O) groups is 2. The number of nitrogens with zero attached hydrogens (tertiary/aromatic N) is 2. The number of carbonyl (C=O) groups excluding carboxylic acids is 2. The zero-order valence-electron chi connectivity index (χ0n) is 20.9. The Balaban J connectivity index is 1.99. The van der Waals surface area contributed by atoms with Gasteiger partial charge in [-0.05, 0) is 90.5 Å². The van der Waals surface area contributed by atoms with Gasteiger partial charge in [-0.15, -0.1) is 0 Å². The molecule has 0 aliphatic heterocycles. The summed E-state index contributed by atoms with van der Waals surface area (Å²) in [5.74, 6) is -0.166. The molecular formula is C27H30IN3O5S. The van der Waals surface area contributed by atoms with Crippen LogP contribution < -0.4 is 14.4 Å². The molecule has 8 nitrogen and oxygen atoms in total. The van der Waals surface area contributed by atoms with E-state index >= 15 is 0 Å². The first kappa shape index (κ1) is 28.5. The number of halogens is 1. The van der Waals surface area contributed by atoms with Crippen LogP contribution in [0.5, 0.6) is 5.75 Å². The molecule has 0 saturated heterocycles. The standard InChI is InChI=1S/C27H30IN3O5S/c1-4-29-27(33)20(2)30(18-21-10-16-24(36-3)17-11-21)26(32)19-31(23-14-12-22(28)13-15-23)37(34,35)25-8-6-5-7-9-25/h5-17,20H,4,18-19H2,1-3H3,(H,29,33). The van der Waals surface area contributed by atoms with Crippen LogP contribution in [0.1, 0.15) is 19.4 Å². The van der Waals surface area contributed by atoms with Crippen LogP contribution in [0.15, 0.2) is 83.8 Å². The van der Waals surface area contributed by atoms with Gasteiger partial charge in [0.05, 0.1) is 17.7 Å². The van der Waals surface area contributed by atoms with Gasteiger partial charge in [0.2, 0.25) is 11.8 Å². The van der Waals surface area contributed by atoms with Crippen molar-refractivity contribution in [3.8, 4) is 5.75 Å². The van der Waals surface area contributed by atoms with Crippen LogP contribution in [0.3, 0.4) is 0 Å². The van der Waals surface area contributed by atoms with Gasteiger partial charge in [-0.25, -0.2) is 8.42 Å². The molecule has 10 heteroatoms. The van der Waals surface area contributed by atoms with E-state index in [1.54, 1.807) is 87.7 Å². The summed E-state index contributed by atoms with van der Waals surface area (Å²) in [6.45, 7) is 3.48. The van der Waals surface area contributed by atoms with Crippen LogP contribution in [0.25, 0.3) is 0 Å². The second-order valence-corrected chi connectivity index (χ2v) is 11.3. The van der Waals surface area contributed by atoms with Gasteiger partial charge >= 0.3 is 0 Å². The zero-order chi connectivity index (χ0) is 27.0. The molecule has 0 aliphatic carbocycles. The van der Waals surface area contributed by atoms with E-state index in [-0.39, 0.29) is 17.3 Å². The van der Waals surface area contributed by atoms with Crippen LogP contribution in [-0.2, 0) is 26.2 Å². The minimum absolute atomic E-state index is 0.0693. The highest BCUT2D eigenvalue weighted by Crippen LogP contribution is 2.25. The number of rotatable bonds is 11. The van der Waals surface area contributed by atoms with E-state index in [1.165, 1.54) is 17.0 Å². The molecule has 1 N–H and O–H groups in total. The van der Waals surface area contributed by atoms with E-state index in [2.05, 4.69) is 27.9 Å². The Hall–Kier alpha value is -3.12. The number of nitrogens with one attached hydrogen (secondary N) is 1. The lowest BCUT2D eigenvalue weighted by Crippen LogP contribution is -2.51. The van der Waals surface area contributed by atoms with Gasteiger partial charge in [0, 0.05) is 16.7 Å². The molecule has 196 valence electrons. The maximum Gasteiger partial charge on any atom is 0.264 e. The smallest absolute Gasteiger partial charge is 0.264 e. The highest BCUT2D eigenvalue weighted by molar-refractivity contribution is 14.1. The number of benzene rings is 3. The zero-order valence-corrected chi connectivity index (χ0v) is 23.9. The highest BCUT2D eigenvalue weighted by Gasteiger charge is 2.32. The Labute approximate surface area is 231 Å². The first-order valence-corrected chi connectivity index (χ1v) is 14.2. The summed E-state index contributed by atoms with van der Waals surface area (Å²) in [6.07, 6.45) is 0. The summed E-state index contributed by atoms with van der Waals surface area (Å²) in [7, 11) is -2.50. The first-order valence-electron chi connectivity index (χ1n) is 11.7. The molecule has 0 fully saturated rings. The maximum atomic E-state index is 13.8. The monoisotopic (exact) mass is 635 g/mol. The second kappa shape index (κ2) is 12.9. The molecule has 3 rings (SSSR count). The van der Waals surface area contributed by atoms with Crippen molar-refractivity contribution in [2.24, 2.45) is 0 Å². The SMILES string of the molecule is CCNC(=O)C(C)N(Cc1ccc(OC)cc1)C(=O)CN(c1ccc(I)cc1)S(=O)(=O)c1ccccc1. The lowest BCUT2D eigenvalue weighted by Gasteiger charge is -2.32. The van der Waals surface area contributed by atoms with Crippen LogP contribution in [0.4, 0.5) is 5.69 Å². The lowest BCUT2D eigenvalue weighted by atomic mass is 10.1. The summed E-state index contributed by atoms with van der Waals surface area (Å²) >= 11 is 2.13. The average Bonchev–Trinajstić information content (AvgIpc) is 2.91. The Morgan fingerprint density at radius 2 is 1.59 bits per heavy atom. The summed E-state index contributed by atoms with van der Waals surface area (Å²) < 4.78 is 34.6. The number of likely N-dealkylation sites (N-methyl/N-ethyl adjacent to an activating group) is 1. The maximum absolute atomic E-state index is 13.8. The quantitative estimate of drug-likeness (QED) is 0.321. The number of hydrogen-bond donors (Lipinski definition) is 1. The fraction of sp³-hybridized carbons (Fsp3) is 0.259. The largest absolute Gasteiger partial charge is 0.497 e. The average molecular weight is 636 g/mol. The summed E-state index contributed by atoms with van der Waals surface area (Å²) in [5, 5.41) is 2.75. The summed E-state index contributed by atoms with van der Waals surface area (Å²) in [4.78, 5) is 28.0. The fourth-order valence-corrected chi connectivity index (χ4v) is 5.48. The fourth-order valence-electron chi connectivity index (χ4n) is 3.69. The van der Waals surface area contributed by atoms with E-state index in [4.69, 9.17) is 4.74 Å². The topological polar surface area (TPSA) is 96.0 Å². The number of hydrogen-bond acceptors (Lipinski definition) is 5. The van der Waals surface area contributed by atoms with Gasteiger partial charge in [0.25, 0.3) is 10.0 Å². The molecule has 0 aliphatic rings. The third-order valence-corrected chi connectivity index (χ3v) is 8.26. The molecule has 0 bridgehead atoms. The van der Waals surface area contributed by atoms with E-state index < -0.39 is 28.5 Å². The molecule has 3 aromatic rings. The van der Waals surface area contributed by atoms with Crippen molar-refractivity contribution >= 4 is 50.1 Å². The van der Waals surface area contributed by atoms with Crippen LogP contribution >= 0.6 is 22.6 Å². The molecule has 37 heavy (non-hydrogen) atoms. The molecular weight excluding hydrogens is 605 g/mol. The number of amides is 2. The Kier molecular flexibility index (Phi) is 9.93. The van der Waals surface area contributed by atoms with Crippen molar-refractivity contribution in [2.75, 3.05) is 24.5 Å². The minimum atomic E-state index is -4.07. The van der Waals surface area contributed by atoms with Crippen molar-refractivity contribution in [3.05, 3.63) is 88.0 Å². The predicted octanol–water partition coefficient (Wildman–Crippen LogP) is 4.05. The molecule has 1 unspecified atom stereocenters. The summed E-state index contributed by atoms with van der Waals surface area (Å²) in [5.41, 5.74) is 1.13. The molecule has 0 spiro atoms. The Morgan fingerprint density at radius 3 is 2.16 bits per heavy atom. The molecule has 2 amide bonds. The number of sulfonamides is 1. The molecule has 0 heterocycles. The Bertz CT molecular complexity index is 1300. The van der Waals surface area contributed by atoms with Crippen molar-refractivity contribution in [3.63, 3.8) is 0 Å². The van der Waals surface area contributed by atoms with Gasteiger partial charge in [-0.3, -0.25) is 13.9 Å². The number of anilines is 1. The van der Waals surface area contributed by atoms with Crippen molar-refractivity contribution < 1.29 is 22.7 Å². The van der Waals surface area contributed by atoms with E-state index in [0.717, 1.165) is 13.4 Å². The molecule has 0 aromatic heterocycles.